The number of hydrogen-bond acceptors (Lipinski definition) is 4. The van der Waals surface area contributed by atoms with Crippen molar-refractivity contribution in [3.63, 3.8) is 0 Å². The van der Waals surface area contributed by atoms with E-state index in [4.69, 9.17) is 11.0 Å². The number of aromatic amines is 1. The number of pyridine rings is 1. The second-order valence-electron chi connectivity index (χ2n) is 2.30. The molecule has 12 heavy (non-hydrogen) atoms. The second kappa shape index (κ2) is 2.20. The zero-order valence-electron chi connectivity index (χ0n) is 6.07. The SMILES string of the molecule is N#Cc1cc2[nH]cnc2c(N)n1. The highest BCUT2D eigenvalue weighted by Gasteiger charge is 2.03. The van der Waals surface area contributed by atoms with Crippen LogP contribution in [0.1, 0.15) is 5.69 Å². The molecule has 0 atom stereocenters. The average Bonchev–Trinajstić information content (AvgIpc) is 2.52. The Morgan fingerprint density at radius 2 is 2.42 bits per heavy atom. The lowest BCUT2D eigenvalue weighted by atomic mass is 10.3. The van der Waals surface area contributed by atoms with Crippen LogP contribution in [0, 0.1) is 11.3 Å². The van der Waals surface area contributed by atoms with Gasteiger partial charge in [-0.3, -0.25) is 0 Å². The van der Waals surface area contributed by atoms with Crippen LogP contribution in [-0.2, 0) is 0 Å². The molecule has 0 radical (unpaired) electrons. The minimum absolute atomic E-state index is 0.283. The molecule has 0 amide bonds. The van der Waals surface area contributed by atoms with Crippen LogP contribution >= 0.6 is 0 Å². The lowest BCUT2D eigenvalue weighted by Crippen LogP contribution is -1.93. The molecular weight excluding hydrogens is 154 g/mol. The first kappa shape index (κ1) is 6.61. The second-order valence-corrected chi connectivity index (χ2v) is 2.30. The third kappa shape index (κ3) is 0.787. The van der Waals surface area contributed by atoms with Crippen LogP contribution in [0.5, 0.6) is 0 Å². The van der Waals surface area contributed by atoms with Crippen molar-refractivity contribution in [2.24, 2.45) is 0 Å². The van der Waals surface area contributed by atoms with Crippen molar-refractivity contribution >= 4 is 16.9 Å². The van der Waals surface area contributed by atoms with E-state index in [9.17, 15) is 0 Å². The molecule has 0 spiro atoms. The predicted octanol–water partition coefficient (Wildman–Crippen LogP) is 0.412. The van der Waals surface area contributed by atoms with Gasteiger partial charge >= 0.3 is 0 Å². The van der Waals surface area contributed by atoms with Crippen LogP contribution in [0.15, 0.2) is 12.4 Å². The minimum Gasteiger partial charge on any atom is -0.382 e. The molecule has 2 heterocycles. The number of hydrogen-bond donors (Lipinski definition) is 2. The topological polar surface area (TPSA) is 91.4 Å². The summed E-state index contributed by atoms with van der Waals surface area (Å²) in [7, 11) is 0. The monoisotopic (exact) mass is 159 g/mol. The van der Waals surface area contributed by atoms with E-state index in [0.29, 0.717) is 11.2 Å². The van der Waals surface area contributed by atoms with Gasteiger partial charge in [0.15, 0.2) is 5.82 Å². The van der Waals surface area contributed by atoms with Gasteiger partial charge in [-0.2, -0.15) is 5.26 Å². The molecule has 3 N–H and O–H groups in total. The van der Waals surface area contributed by atoms with Gasteiger partial charge < -0.3 is 10.7 Å². The van der Waals surface area contributed by atoms with Gasteiger partial charge in [-0.05, 0) is 0 Å². The molecule has 5 heteroatoms. The molecule has 0 aliphatic rings. The Bertz CT molecular complexity index is 464. The van der Waals surface area contributed by atoms with E-state index in [-0.39, 0.29) is 5.82 Å². The average molecular weight is 159 g/mol. The maximum atomic E-state index is 8.56. The van der Waals surface area contributed by atoms with Crippen LogP contribution in [0.4, 0.5) is 5.82 Å². The summed E-state index contributed by atoms with van der Waals surface area (Å²) in [5, 5.41) is 8.56. The number of nitrogens with zero attached hydrogens (tertiary/aromatic N) is 3. The highest BCUT2D eigenvalue weighted by Crippen LogP contribution is 2.15. The molecule has 0 saturated heterocycles. The third-order valence-corrected chi connectivity index (χ3v) is 1.55. The number of nitrogens with two attached hydrogens (primary N) is 1. The summed E-state index contributed by atoms with van der Waals surface area (Å²) < 4.78 is 0. The molecule has 0 aliphatic carbocycles. The van der Waals surface area contributed by atoms with E-state index in [1.807, 2.05) is 6.07 Å². The highest BCUT2D eigenvalue weighted by molar-refractivity contribution is 5.84. The van der Waals surface area contributed by atoms with Crippen molar-refractivity contribution in [3.8, 4) is 6.07 Å². The number of nitrogen functional groups attached to an aromatic ring is 1. The number of fused-ring (bicyclic) bond motifs is 1. The van der Waals surface area contributed by atoms with Gasteiger partial charge in [0.1, 0.15) is 17.3 Å². The fourth-order valence-corrected chi connectivity index (χ4v) is 1.03. The van der Waals surface area contributed by atoms with Crippen molar-refractivity contribution in [1.29, 1.82) is 5.26 Å². The van der Waals surface area contributed by atoms with Gasteiger partial charge in [0, 0.05) is 6.07 Å². The molecule has 0 aliphatic heterocycles. The Morgan fingerprint density at radius 3 is 3.17 bits per heavy atom. The van der Waals surface area contributed by atoms with E-state index in [0.717, 1.165) is 5.52 Å². The van der Waals surface area contributed by atoms with E-state index in [1.165, 1.54) is 6.33 Å². The van der Waals surface area contributed by atoms with Crippen LogP contribution in [-0.4, -0.2) is 15.0 Å². The number of aromatic nitrogens is 3. The molecule has 2 rings (SSSR count). The molecule has 0 aromatic carbocycles. The molecule has 0 saturated carbocycles. The number of rotatable bonds is 0. The predicted molar refractivity (Wildman–Crippen MR) is 43.0 cm³/mol. The summed E-state index contributed by atoms with van der Waals surface area (Å²) >= 11 is 0. The van der Waals surface area contributed by atoms with Gasteiger partial charge in [0.05, 0.1) is 11.8 Å². The van der Waals surface area contributed by atoms with Crippen molar-refractivity contribution < 1.29 is 0 Å². The number of anilines is 1. The first-order valence-corrected chi connectivity index (χ1v) is 3.31. The third-order valence-electron chi connectivity index (χ3n) is 1.55. The summed E-state index contributed by atoms with van der Waals surface area (Å²) in [6.45, 7) is 0. The van der Waals surface area contributed by atoms with Crippen LogP contribution in [0.3, 0.4) is 0 Å². The molecule has 2 aromatic heterocycles. The summed E-state index contributed by atoms with van der Waals surface area (Å²) in [5.41, 5.74) is 7.17. The number of nitrogens with one attached hydrogen (secondary N) is 1. The van der Waals surface area contributed by atoms with Crippen molar-refractivity contribution in [2.45, 2.75) is 0 Å². The van der Waals surface area contributed by atoms with Gasteiger partial charge in [0.25, 0.3) is 0 Å². The quantitative estimate of drug-likeness (QED) is 0.582. The molecule has 5 nitrogen and oxygen atoms in total. The molecule has 0 unspecified atom stereocenters. The summed E-state index contributed by atoms with van der Waals surface area (Å²) in [6.07, 6.45) is 1.52. The maximum absolute atomic E-state index is 8.56. The van der Waals surface area contributed by atoms with Gasteiger partial charge in [-0.1, -0.05) is 0 Å². The first-order chi connectivity index (χ1) is 5.81. The van der Waals surface area contributed by atoms with E-state index in [1.54, 1.807) is 6.07 Å². The smallest absolute Gasteiger partial charge is 0.153 e. The van der Waals surface area contributed by atoms with E-state index < -0.39 is 0 Å². The van der Waals surface area contributed by atoms with Crippen molar-refractivity contribution in [2.75, 3.05) is 5.73 Å². The normalized spacial score (nSPS) is 9.92. The number of nitriles is 1. The zero-order chi connectivity index (χ0) is 8.55. The Morgan fingerprint density at radius 1 is 1.58 bits per heavy atom. The fourth-order valence-electron chi connectivity index (χ4n) is 1.03. The first-order valence-electron chi connectivity index (χ1n) is 3.31. The Balaban J connectivity index is 2.86. The van der Waals surface area contributed by atoms with E-state index in [2.05, 4.69) is 15.0 Å². The lowest BCUT2D eigenvalue weighted by Gasteiger charge is -1.93. The lowest BCUT2D eigenvalue weighted by molar-refractivity contribution is 1.29. The summed E-state index contributed by atoms with van der Waals surface area (Å²) in [4.78, 5) is 10.6. The molecular formula is C7H5N5. The number of H-pyrrole nitrogens is 1. The highest BCUT2D eigenvalue weighted by atomic mass is 14.9. The Labute approximate surface area is 67.9 Å². The van der Waals surface area contributed by atoms with Gasteiger partial charge in [-0.25, -0.2) is 9.97 Å². The largest absolute Gasteiger partial charge is 0.382 e. The van der Waals surface area contributed by atoms with Crippen molar-refractivity contribution in [3.05, 3.63) is 18.1 Å². The van der Waals surface area contributed by atoms with Crippen LogP contribution in [0.2, 0.25) is 0 Å². The standard InChI is InChI=1S/C7H5N5/c8-2-4-1-5-6(7(9)12-4)11-3-10-5/h1,3H,(H2,9,12)(H,10,11). The Hall–Kier alpha value is -2.09. The fraction of sp³-hybridized carbons (Fsp3) is 0. The van der Waals surface area contributed by atoms with Gasteiger partial charge in [-0.15, -0.1) is 0 Å². The molecule has 58 valence electrons. The minimum atomic E-state index is 0.283. The number of imidazole rings is 1. The summed E-state index contributed by atoms with van der Waals surface area (Å²) in [6, 6.07) is 3.52. The molecule has 2 aromatic rings. The van der Waals surface area contributed by atoms with Gasteiger partial charge in [0.2, 0.25) is 0 Å². The van der Waals surface area contributed by atoms with Crippen LogP contribution in [0.25, 0.3) is 11.0 Å². The van der Waals surface area contributed by atoms with Crippen molar-refractivity contribution in [1.82, 2.24) is 15.0 Å². The maximum Gasteiger partial charge on any atom is 0.153 e. The molecule has 0 bridgehead atoms. The Kier molecular flexibility index (Phi) is 1.21. The molecule has 0 fully saturated rings. The van der Waals surface area contributed by atoms with Crippen LogP contribution < -0.4 is 5.73 Å². The zero-order valence-corrected chi connectivity index (χ0v) is 6.07. The summed E-state index contributed by atoms with van der Waals surface area (Å²) in [5.74, 6) is 0.283. The van der Waals surface area contributed by atoms with E-state index >= 15 is 0 Å².